The number of methoxy groups -OCH3 is 1. The second-order valence-corrected chi connectivity index (χ2v) is 6.18. The molecule has 3 heterocycles. The molecule has 1 unspecified atom stereocenters. The smallest absolute Gasteiger partial charge is 0.481 e. The summed E-state index contributed by atoms with van der Waals surface area (Å²) in [5.74, 6) is -1.27. The lowest BCUT2D eigenvalue weighted by Gasteiger charge is -2.53. The predicted molar refractivity (Wildman–Crippen MR) is 87.8 cm³/mol. The number of aromatic nitrogens is 2. The lowest BCUT2D eigenvalue weighted by Crippen LogP contribution is -2.66. The van der Waals surface area contributed by atoms with Crippen LogP contribution in [0.3, 0.4) is 0 Å². The fraction of sp³-hybridized carbons (Fsp3) is 0.688. The average molecular weight is 393 g/mol. The third-order valence-electron chi connectivity index (χ3n) is 4.21. The number of aliphatic carboxylic acids is 1. The van der Waals surface area contributed by atoms with Gasteiger partial charge in [-0.3, -0.25) is 0 Å². The second kappa shape index (κ2) is 8.70. The van der Waals surface area contributed by atoms with E-state index in [1.54, 1.807) is 7.11 Å². The molecule has 0 amide bonds. The third-order valence-corrected chi connectivity index (χ3v) is 4.21. The molecular formula is C16H22F3N3O5. The highest BCUT2D eigenvalue weighted by atomic mass is 19.4. The summed E-state index contributed by atoms with van der Waals surface area (Å²) < 4.78 is 48.6. The zero-order valence-corrected chi connectivity index (χ0v) is 15.0. The van der Waals surface area contributed by atoms with Gasteiger partial charge in [0.25, 0.3) is 0 Å². The Morgan fingerprint density at radius 3 is 2.67 bits per heavy atom. The number of carboxylic acids is 1. The number of anilines is 1. The number of ether oxygens (including phenoxy) is 3. The zero-order chi connectivity index (χ0) is 20.1. The van der Waals surface area contributed by atoms with Gasteiger partial charge in [0, 0.05) is 25.7 Å². The molecule has 2 fully saturated rings. The first kappa shape index (κ1) is 21.2. The molecule has 1 atom stereocenters. The minimum absolute atomic E-state index is 0.0593. The van der Waals surface area contributed by atoms with Gasteiger partial charge in [-0.15, -0.1) is 0 Å². The molecule has 0 bridgehead atoms. The van der Waals surface area contributed by atoms with E-state index in [1.165, 1.54) is 6.33 Å². The van der Waals surface area contributed by atoms with E-state index in [9.17, 15) is 13.2 Å². The molecule has 2 saturated heterocycles. The van der Waals surface area contributed by atoms with Gasteiger partial charge in [-0.1, -0.05) is 0 Å². The van der Waals surface area contributed by atoms with Crippen LogP contribution in [0.4, 0.5) is 19.0 Å². The number of carboxylic acid groups (broad SMARTS) is 1. The number of halogens is 3. The van der Waals surface area contributed by atoms with Crippen LogP contribution in [0.1, 0.15) is 19.8 Å². The zero-order valence-electron chi connectivity index (χ0n) is 15.0. The maximum atomic E-state index is 10.6. The van der Waals surface area contributed by atoms with E-state index < -0.39 is 12.1 Å². The van der Waals surface area contributed by atoms with Crippen LogP contribution in [-0.2, 0) is 14.3 Å². The highest BCUT2D eigenvalue weighted by Gasteiger charge is 2.48. The lowest BCUT2D eigenvalue weighted by atomic mass is 9.84. The van der Waals surface area contributed by atoms with E-state index in [-0.39, 0.29) is 5.60 Å². The van der Waals surface area contributed by atoms with Crippen LogP contribution in [0.5, 0.6) is 5.88 Å². The van der Waals surface area contributed by atoms with Crippen LogP contribution in [0.25, 0.3) is 0 Å². The summed E-state index contributed by atoms with van der Waals surface area (Å²) in [5.41, 5.74) is -0.0593. The van der Waals surface area contributed by atoms with E-state index in [1.807, 2.05) is 13.0 Å². The molecule has 1 aromatic rings. The molecular weight excluding hydrogens is 371 g/mol. The number of hydrogen-bond acceptors (Lipinski definition) is 7. The average Bonchev–Trinajstić information content (AvgIpc) is 2.60. The number of rotatable bonds is 4. The summed E-state index contributed by atoms with van der Waals surface area (Å²) in [5, 5.41) is 7.12. The van der Waals surface area contributed by atoms with Crippen molar-refractivity contribution in [3.05, 3.63) is 12.4 Å². The molecule has 8 nitrogen and oxygen atoms in total. The molecule has 1 N–H and O–H groups in total. The minimum Gasteiger partial charge on any atom is -0.481 e. The number of alkyl halides is 3. The van der Waals surface area contributed by atoms with Crippen molar-refractivity contribution in [2.45, 2.75) is 37.6 Å². The van der Waals surface area contributed by atoms with Gasteiger partial charge in [0.1, 0.15) is 17.7 Å². The third kappa shape index (κ3) is 5.67. The highest BCUT2D eigenvalue weighted by Crippen LogP contribution is 2.37. The van der Waals surface area contributed by atoms with Gasteiger partial charge in [-0.2, -0.15) is 13.2 Å². The Balaban J connectivity index is 0.000000321. The lowest BCUT2D eigenvalue weighted by molar-refractivity contribution is -0.192. The van der Waals surface area contributed by atoms with Crippen LogP contribution < -0.4 is 9.64 Å². The molecule has 11 heteroatoms. The van der Waals surface area contributed by atoms with Crippen molar-refractivity contribution < 1.29 is 37.3 Å². The van der Waals surface area contributed by atoms with Gasteiger partial charge in [0.2, 0.25) is 5.88 Å². The van der Waals surface area contributed by atoms with Gasteiger partial charge in [-0.05, 0) is 13.3 Å². The minimum atomic E-state index is -5.08. The number of carbonyl (C=O) groups is 1. The van der Waals surface area contributed by atoms with Crippen LogP contribution in [0.2, 0.25) is 0 Å². The van der Waals surface area contributed by atoms with Gasteiger partial charge in [0.05, 0.1) is 26.3 Å². The van der Waals surface area contributed by atoms with Gasteiger partial charge >= 0.3 is 12.1 Å². The molecule has 2 aliphatic heterocycles. The Labute approximate surface area is 154 Å². The molecule has 0 radical (unpaired) electrons. The fourth-order valence-corrected chi connectivity index (χ4v) is 3.01. The van der Waals surface area contributed by atoms with Crippen molar-refractivity contribution in [1.29, 1.82) is 0 Å². The van der Waals surface area contributed by atoms with Gasteiger partial charge in [-0.25, -0.2) is 14.8 Å². The molecule has 27 heavy (non-hydrogen) atoms. The molecule has 0 aliphatic carbocycles. The Hall–Kier alpha value is -2.14. The van der Waals surface area contributed by atoms with Crippen molar-refractivity contribution >= 4 is 11.8 Å². The first-order valence-electron chi connectivity index (χ1n) is 8.36. The van der Waals surface area contributed by atoms with Crippen molar-refractivity contribution in [1.82, 2.24) is 9.97 Å². The monoisotopic (exact) mass is 393 g/mol. The molecule has 152 valence electrons. The molecule has 1 spiro atoms. The Kier molecular flexibility index (Phi) is 6.82. The van der Waals surface area contributed by atoms with Crippen molar-refractivity contribution in [2.75, 3.05) is 38.3 Å². The predicted octanol–water partition coefficient (Wildman–Crippen LogP) is 1.89. The van der Waals surface area contributed by atoms with Gasteiger partial charge in [0.15, 0.2) is 0 Å². The highest BCUT2D eigenvalue weighted by molar-refractivity contribution is 5.73. The van der Waals surface area contributed by atoms with Crippen molar-refractivity contribution in [3.8, 4) is 5.88 Å². The Bertz CT molecular complexity index is 636. The van der Waals surface area contributed by atoms with E-state index in [0.29, 0.717) is 12.0 Å². The maximum Gasteiger partial charge on any atom is 0.490 e. The standard InChI is InChI=1S/C14H21N3O3.C2HF3O2/c1-3-19-11-4-5-20-14(7-11)8-17(9-14)12-6-13(18-2)16-10-15-12;3-2(4,5)1(6)7/h6,10-11H,3-5,7-9H2,1-2H3;(H,6,7). The molecule has 0 aromatic carbocycles. The molecule has 2 aliphatic rings. The van der Waals surface area contributed by atoms with E-state index >= 15 is 0 Å². The Morgan fingerprint density at radius 1 is 1.44 bits per heavy atom. The summed E-state index contributed by atoms with van der Waals surface area (Å²) in [4.78, 5) is 19.4. The summed E-state index contributed by atoms with van der Waals surface area (Å²) in [6.07, 6.45) is -1.25. The van der Waals surface area contributed by atoms with Crippen LogP contribution in [-0.4, -0.2) is 72.3 Å². The van der Waals surface area contributed by atoms with E-state index in [4.69, 9.17) is 24.1 Å². The van der Waals surface area contributed by atoms with Crippen LogP contribution >= 0.6 is 0 Å². The normalized spacial score (nSPS) is 21.1. The van der Waals surface area contributed by atoms with Crippen LogP contribution in [0.15, 0.2) is 12.4 Å². The topological polar surface area (TPSA) is 94.0 Å². The van der Waals surface area contributed by atoms with E-state index in [2.05, 4.69) is 14.9 Å². The summed E-state index contributed by atoms with van der Waals surface area (Å²) in [7, 11) is 1.61. The molecule has 0 saturated carbocycles. The largest absolute Gasteiger partial charge is 0.490 e. The second-order valence-electron chi connectivity index (χ2n) is 6.18. The Morgan fingerprint density at radius 2 is 2.11 bits per heavy atom. The number of hydrogen-bond donors (Lipinski definition) is 1. The van der Waals surface area contributed by atoms with Crippen molar-refractivity contribution in [2.24, 2.45) is 0 Å². The maximum absolute atomic E-state index is 10.6. The van der Waals surface area contributed by atoms with Gasteiger partial charge < -0.3 is 24.2 Å². The first-order valence-corrected chi connectivity index (χ1v) is 8.36. The molecule has 3 rings (SSSR count). The first-order chi connectivity index (χ1) is 12.7. The molecule has 1 aromatic heterocycles. The number of nitrogens with zero attached hydrogens (tertiary/aromatic N) is 3. The van der Waals surface area contributed by atoms with E-state index in [0.717, 1.165) is 45.0 Å². The summed E-state index contributed by atoms with van der Waals surface area (Å²) in [6.45, 7) is 5.31. The van der Waals surface area contributed by atoms with Crippen molar-refractivity contribution in [3.63, 3.8) is 0 Å². The quantitative estimate of drug-likeness (QED) is 0.829. The van der Waals surface area contributed by atoms with Crippen LogP contribution in [0, 0.1) is 0 Å². The SMILES string of the molecule is CCOC1CCOC2(C1)CN(c1cc(OC)ncn1)C2.O=C(O)C(F)(F)F. The summed E-state index contributed by atoms with van der Waals surface area (Å²) in [6, 6.07) is 1.86. The summed E-state index contributed by atoms with van der Waals surface area (Å²) >= 11 is 0. The fourth-order valence-electron chi connectivity index (χ4n) is 3.01.